The quantitative estimate of drug-likeness (QED) is 0.301. The van der Waals surface area contributed by atoms with Crippen LogP contribution in [0.25, 0.3) is 0 Å². The van der Waals surface area contributed by atoms with Gasteiger partial charge < -0.3 is 4.57 Å². The van der Waals surface area contributed by atoms with E-state index in [9.17, 15) is 23.3 Å². The van der Waals surface area contributed by atoms with Gasteiger partial charge in [0.1, 0.15) is 5.82 Å². The van der Waals surface area contributed by atoms with Crippen LogP contribution in [0, 0.1) is 10.1 Å². The monoisotopic (exact) mass is 420 g/mol. The highest BCUT2D eigenvalue weighted by atomic mass is 32.2. The summed E-state index contributed by atoms with van der Waals surface area (Å²) < 4.78 is 40.4. The van der Waals surface area contributed by atoms with Crippen LogP contribution in [-0.2, 0) is 19.1 Å². The zero-order valence-corrected chi connectivity index (χ0v) is 15.8. The molecule has 0 atom stereocenters. The van der Waals surface area contributed by atoms with Crippen molar-refractivity contribution in [1.29, 1.82) is 0 Å². The first-order valence-corrected chi connectivity index (χ1v) is 9.21. The van der Waals surface area contributed by atoms with Crippen molar-refractivity contribution in [2.24, 2.45) is 0 Å². The molecule has 0 saturated carbocycles. The molecule has 0 unspecified atom stereocenters. The van der Waals surface area contributed by atoms with Gasteiger partial charge >= 0.3 is 6.18 Å². The van der Waals surface area contributed by atoms with E-state index in [1.54, 1.807) is 10.6 Å². The highest BCUT2D eigenvalue weighted by Crippen LogP contribution is 2.39. The number of nitro groups is 1. The van der Waals surface area contributed by atoms with E-state index in [4.69, 9.17) is 0 Å². The molecule has 1 heterocycles. The molecule has 0 bridgehead atoms. The number of halogens is 3. The summed E-state index contributed by atoms with van der Waals surface area (Å²) in [5.41, 5.74) is -0.712. The van der Waals surface area contributed by atoms with Crippen LogP contribution in [0.1, 0.15) is 17.0 Å². The van der Waals surface area contributed by atoms with Crippen molar-refractivity contribution in [1.82, 2.24) is 14.8 Å². The summed E-state index contributed by atoms with van der Waals surface area (Å²) in [6.45, 7) is 4.05. The highest BCUT2D eigenvalue weighted by molar-refractivity contribution is 7.99. The Morgan fingerprint density at radius 3 is 2.52 bits per heavy atom. The first-order valence-electron chi connectivity index (χ1n) is 8.40. The van der Waals surface area contributed by atoms with Crippen molar-refractivity contribution in [3.8, 4) is 0 Å². The van der Waals surface area contributed by atoms with Crippen molar-refractivity contribution in [3.05, 3.63) is 88.3 Å². The number of nitro benzene ring substituents is 1. The van der Waals surface area contributed by atoms with Gasteiger partial charge in [0.15, 0.2) is 5.16 Å². The van der Waals surface area contributed by atoms with Crippen molar-refractivity contribution < 1.29 is 18.1 Å². The number of alkyl halides is 3. The molecular weight excluding hydrogens is 405 g/mol. The van der Waals surface area contributed by atoms with Crippen molar-refractivity contribution >= 4 is 17.4 Å². The first-order chi connectivity index (χ1) is 13.8. The molecule has 0 spiro atoms. The molecule has 0 N–H and O–H groups in total. The second-order valence-electron chi connectivity index (χ2n) is 6.00. The molecule has 0 aliphatic heterocycles. The molecule has 2 aromatic carbocycles. The van der Waals surface area contributed by atoms with E-state index in [0.717, 1.165) is 29.5 Å². The van der Waals surface area contributed by atoms with E-state index < -0.39 is 22.4 Å². The lowest BCUT2D eigenvalue weighted by Gasteiger charge is -2.10. The van der Waals surface area contributed by atoms with E-state index >= 15 is 0 Å². The minimum atomic E-state index is -4.67. The zero-order valence-electron chi connectivity index (χ0n) is 15.0. The molecule has 0 amide bonds. The number of aromatic nitrogens is 3. The molecule has 0 saturated heterocycles. The average molecular weight is 420 g/mol. The number of hydrogen-bond acceptors (Lipinski definition) is 5. The minimum Gasteiger partial charge on any atom is -0.302 e. The zero-order chi connectivity index (χ0) is 21.0. The predicted octanol–water partition coefficient (Wildman–Crippen LogP) is 5.13. The van der Waals surface area contributed by atoms with Crippen molar-refractivity contribution in [2.45, 2.75) is 29.2 Å². The summed E-state index contributed by atoms with van der Waals surface area (Å²) in [6, 6.07) is 12.0. The van der Waals surface area contributed by atoms with Crippen molar-refractivity contribution in [3.63, 3.8) is 0 Å². The summed E-state index contributed by atoms with van der Waals surface area (Å²) in [6.07, 6.45) is -2.56. The first kappa shape index (κ1) is 20.6. The Bertz CT molecular complexity index is 1040. The Kier molecular flexibility index (Phi) is 6.02. The van der Waals surface area contributed by atoms with Crippen LogP contribution in [0.2, 0.25) is 0 Å². The van der Waals surface area contributed by atoms with Gasteiger partial charge in [0.25, 0.3) is 5.69 Å². The summed E-state index contributed by atoms with van der Waals surface area (Å²) in [5, 5.41) is 19.9. The molecule has 0 radical (unpaired) electrons. The number of hydrogen-bond donors (Lipinski definition) is 0. The topological polar surface area (TPSA) is 73.8 Å². The lowest BCUT2D eigenvalue weighted by Crippen LogP contribution is -2.06. The number of rotatable bonds is 7. The van der Waals surface area contributed by atoms with Crippen molar-refractivity contribution in [2.75, 3.05) is 0 Å². The third-order valence-corrected chi connectivity index (χ3v) is 5.04. The van der Waals surface area contributed by atoms with Crippen LogP contribution < -0.4 is 0 Å². The third-order valence-electron chi connectivity index (χ3n) is 3.99. The summed E-state index contributed by atoms with van der Waals surface area (Å²) in [4.78, 5) is 10.5. The Labute approximate surface area is 168 Å². The Balaban J connectivity index is 1.95. The molecular formula is C19H15F3N4O2S. The molecule has 0 aliphatic rings. The molecule has 29 heavy (non-hydrogen) atoms. The maximum absolute atomic E-state index is 12.9. The molecule has 6 nitrogen and oxygen atoms in total. The third kappa shape index (κ3) is 4.83. The second kappa shape index (κ2) is 8.48. The fraction of sp³-hybridized carbons (Fsp3) is 0.158. The van der Waals surface area contributed by atoms with Gasteiger partial charge in [0.05, 0.1) is 15.4 Å². The fourth-order valence-electron chi connectivity index (χ4n) is 2.64. The Morgan fingerprint density at radius 2 is 1.90 bits per heavy atom. The lowest BCUT2D eigenvalue weighted by atomic mass is 10.1. The van der Waals surface area contributed by atoms with Crippen LogP contribution in [0.5, 0.6) is 0 Å². The van der Waals surface area contributed by atoms with Gasteiger partial charge in [-0.05, 0) is 29.5 Å². The Hall–Kier alpha value is -3.14. The van der Waals surface area contributed by atoms with Gasteiger partial charge in [-0.2, -0.15) is 13.2 Å². The normalized spacial score (nSPS) is 11.4. The SMILES string of the molecule is C=CCn1c(Cc2ccccc2)nnc1Sc1ccc(C(F)(F)F)cc1[N+](=O)[O-]. The molecule has 3 aromatic rings. The van der Waals surface area contributed by atoms with Gasteiger partial charge in [-0.15, -0.1) is 16.8 Å². The molecule has 0 aliphatic carbocycles. The minimum absolute atomic E-state index is 0.0481. The lowest BCUT2D eigenvalue weighted by molar-refractivity contribution is -0.388. The van der Waals surface area contributed by atoms with E-state index in [0.29, 0.717) is 30.0 Å². The molecule has 150 valence electrons. The van der Waals surface area contributed by atoms with Gasteiger partial charge in [-0.25, -0.2) is 0 Å². The number of benzene rings is 2. The van der Waals surface area contributed by atoms with E-state index in [-0.39, 0.29) is 4.90 Å². The maximum atomic E-state index is 12.9. The standard InChI is InChI=1S/C19H15F3N4O2S/c1-2-10-25-17(11-13-6-4-3-5-7-13)23-24-18(25)29-16-9-8-14(19(20,21)22)12-15(16)26(27)28/h2-9,12H,1,10-11H2. The molecule has 3 rings (SSSR count). The predicted molar refractivity (Wildman–Crippen MR) is 102 cm³/mol. The summed E-state index contributed by atoms with van der Waals surface area (Å²) >= 11 is 0.892. The van der Waals surface area contributed by atoms with Crippen LogP contribution >= 0.6 is 11.8 Å². The fourth-order valence-corrected chi connectivity index (χ4v) is 3.58. The Morgan fingerprint density at radius 1 is 1.17 bits per heavy atom. The molecule has 0 fully saturated rings. The smallest absolute Gasteiger partial charge is 0.302 e. The average Bonchev–Trinajstić information content (AvgIpc) is 3.03. The van der Waals surface area contributed by atoms with Gasteiger partial charge in [0.2, 0.25) is 0 Å². The molecule has 1 aromatic heterocycles. The number of nitrogens with zero attached hydrogens (tertiary/aromatic N) is 4. The van der Waals surface area contributed by atoms with Crippen LogP contribution in [0.3, 0.4) is 0 Å². The van der Waals surface area contributed by atoms with Crippen LogP contribution in [0.15, 0.2) is 71.2 Å². The van der Waals surface area contributed by atoms with Gasteiger partial charge in [0, 0.05) is 19.0 Å². The van der Waals surface area contributed by atoms with E-state index in [1.165, 1.54) is 0 Å². The maximum Gasteiger partial charge on any atom is 0.416 e. The summed E-state index contributed by atoms with van der Waals surface area (Å²) in [7, 11) is 0. The van der Waals surface area contributed by atoms with Crippen LogP contribution in [-0.4, -0.2) is 19.7 Å². The largest absolute Gasteiger partial charge is 0.416 e. The van der Waals surface area contributed by atoms with Gasteiger partial charge in [-0.1, -0.05) is 36.4 Å². The molecule has 10 heteroatoms. The summed E-state index contributed by atoms with van der Waals surface area (Å²) in [5.74, 6) is 0.619. The van der Waals surface area contributed by atoms with Crippen LogP contribution in [0.4, 0.5) is 18.9 Å². The number of allylic oxidation sites excluding steroid dienone is 1. The van der Waals surface area contributed by atoms with E-state index in [2.05, 4.69) is 16.8 Å². The van der Waals surface area contributed by atoms with E-state index in [1.807, 2.05) is 30.3 Å². The second-order valence-corrected chi connectivity index (χ2v) is 7.01. The van der Waals surface area contributed by atoms with Gasteiger partial charge in [-0.3, -0.25) is 10.1 Å². The highest BCUT2D eigenvalue weighted by Gasteiger charge is 2.33.